The van der Waals surface area contributed by atoms with Crippen molar-refractivity contribution in [3.8, 4) is 0 Å². The van der Waals surface area contributed by atoms with Crippen LogP contribution in [0.3, 0.4) is 0 Å². The first kappa shape index (κ1) is 10.4. The first-order valence-corrected chi connectivity index (χ1v) is 4.31. The topological polar surface area (TPSA) is 70.0 Å². The fourth-order valence-corrected chi connectivity index (χ4v) is 1.38. The predicted octanol–water partition coefficient (Wildman–Crippen LogP) is -0.847. The molecule has 0 aliphatic carbocycles. The van der Waals surface area contributed by atoms with Gasteiger partial charge in [0, 0.05) is 12.6 Å². The first-order chi connectivity index (χ1) is 6.13. The van der Waals surface area contributed by atoms with Crippen molar-refractivity contribution in [3.05, 3.63) is 0 Å². The van der Waals surface area contributed by atoms with Crippen LogP contribution in [0.1, 0.15) is 6.92 Å². The van der Waals surface area contributed by atoms with Crippen molar-refractivity contribution in [2.24, 2.45) is 0 Å². The van der Waals surface area contributed by atoms with Crippen molar-refractivity contribution in [1.29, 1.82) is 0 Å². The van der Waals surface area contributed by atoms with Crippen LogP contribution in [-0.2, 0) is 9.53 Å². The molecule has 13 heavy (non-hydrogen) atoms. The van der Waals surface area contributed by atoms with Gasteiger partial charge in [0.15, 0.2) is 0 Å². The smallest absolute Gasteiger partial charge is 0.317 e. The van der Waals surface area contributed by atoms with Crippen LogP contribution in [0.5, 0.6) is 0 Å². The van der Waals surface area contributed by atoms with Gasteiger partial charge in [0.2, 0.25) is 0 Å². The first-order valence-electron chi connectivity index (χ1n) is 4.31. The molecule has 1 heterocycles. The molecule has 1 aliphatic heterocycles. The highest BCUT2D eigenvalue weighted by Crippen LogP contribution is 2.10. The average Bonchev–Trinajstić information content (AvgIpc) is 2.08. The lowest BCUT2D eigenvalue weighted by atomic mass is 10.2. The molecule has 1 aliphatic rings. The third kappa shape index (κ3) is 2.95. The molecule has 5 heteroatoms. The van der Waals surface area contributed by atoms with Gasteiger partial charge < -0.3 is 14.9 Å². The van der Waals surface area contributed by atoms with E-state index in [0.717, 1.165) is 0 Å². The lowest BCUT2D eigenvalue weighted by Gasteiger charge is -2.36. The highest BCUT2D eigenvalue weighted by atomic mass is 16.5. The molecule has 0 aromatic rings. The largest absolute Gasteiger partial charge is 0.480 e. The molecule has 0 spiro atoms. The lowest BCUT2D eigenvalue weighted by molar-refractivity contribution is -0.143. The average molecular weight is 189 g/mol. The van der Waals surface area contributed by atoms with E-state index in [0.29, 0.717) is 13.2 Å². The lowest BCUT2D eigenvalue weighted by Crippen LogP contribution is -2.51. The predicted molar refractivity (Wildman–Crippen MR) is 45.5 cm³/mol. The van der Waals surface area contributed by atoms with E-state index in [1.807, 2.05) is 6.92 Å². The number of rotatable bonds is 3. The van der Waals surface area contributed by atoms with Crippen LogP contribution in [0.25, 0.3) is 0 Å². The van der Waals surface area contributed by atoms with Crippen molar-refractivity contribution >= 4 is 5.97 Å². The monoisotopic (exact) mass is 189 g/mol. The van der Waals surface area contributed by atoms with E-state index < -0.39 is 5.97 Å². The van der Waals surface area contributed by atoms with E-state index >= 15 is 0 Å². The number of carboxylic acid groups (broad SMARTS) is 1. The normalized spacial score (nSPS) is 30.3. The maximum Gasteiger partial charge on any atom is 0.317 e. The van der Waals surface area contributed by atoms with Crippen molar-refractivity contribution in [1.82, 2.24) is 4.90 Å². The van der Waals surface area contributed by atoms with Gasteiger partial charge in [-0.1, -0.05) is 0 Å². The van der Waals surface area contributed by atoms with Crippen molar-refractivity contribution in [2.45, 2.75) is 19.1 Å². The molecule has 0 amide bonds. The van der Waals surface area contributed by atoms with Crippen LogP contribution in [0, 0.1) is 0 Å². The Morgan fingerprint density at radius 1 is 1.69 bits per heavy atom. The van der Waals surface area contributed by atoms with Gasteiger partial charge in [-0.3, -0.25) is 9.69 Å². The second-order valence-electron chi connectivity index (χ2n) is 3.31. The molecule has 1 saturated heterocycles. The van der Waals surface area contributed by atoms with Crippen molar-refractivity contribution in [2.75, 3.05) is 26.3 Å². The maximum atomic E-state index is 10.5. The number of nitrogens with zero attached hydrogens (tertiary/aromatic N) is 1. The molecular formula is C8H15NO4. The number of aliphatic hydroxyl groups is 1. The Bertz CT molecular complexity index is 185. The van der Waals surface area contributed by atoms with Crippen LogP contribution in [0.2, 0.25) is 0 Å². The quantitative estimate of drug-likeness (QED) is 0.605. The van der Waals surface area contributed by atoms with Crippen LogP contribution < -0.4 is 0 Å². The summed E-state index contributed by atoms with van der Waals surface area (Å²) in [6.07, 6.45) is -0.240. The van der Waals surface area contributed by atoms with Gasteiger partial charge in [-0.05, 0) is 6.92 Å². The van der Waals surface area contributed by atoms with Gasteiger partial charge >= 0.3 is 5.97 Å². The van der Waals surface area contributed by atoms with Crippen molar-refractivity contribution < 1.29 is 19.7 Å². The highest BCUT2D eigenvalue weighted by Gasteiger charge is 2.26. The summed E-state index contributed by atoms with van der Waals surface area (Å²) in [5.41, 5.74) is 0. The zero-order chi connectivity index (χ0) is 9.84. The number of ether oxygens (including phenoxy) is 1. The molecule has 1 rings (SSSR count). The minimum Gasteiger partial charge on any atom is -0.480 e. The number of hydrogen-bond donors (Lipinski definition) is 2. The molecule has 0 radical (unpaired) electrons. The molecule has 76 valence electrons. The van der Waals surface area contributed by atoms with Crippen molar-refractivity contribution in [3.63, 3.8) is 0 Å². The number of hydrogen-bond acceptors (Lipinski definition) is 4. The Balaban J connectivity index is 2.44. The minimum atomic E-state index is -0.842. The summed E-state index contributed by atoms with van der Waals surface area (Å²) in [6.45, 7) is 2.85. The van der Waals surface area contributed by atoms with Crippen LogP contribution >= 0.6 is 0 Å². The number of carbonyl (C=O) groups is 1. The number of aliphatic hydroxyl groups excluding tert-OH is 1. The number of morpholine rings is 1. The molecule has 2 N–H and O–H groups in total. The summed E-state index contributed by atoms with van der Waals surface area (Å²) in [5, 5.41) is 17.4. The molecule has 0 saturated carbocycles. The van der Waals surface area contributed by atoms with Gasteiger partial charge in [-0.25, -0.2) is 0 Å². The Morgan fingerprint density at radius 2 is 2.38 bits per heavy atom. The van der Waals surface area contributed by atoms with Gasteiger partial charge in [-0.15, -0.1) is 0 Å². The molecule has 1 fully saturated rings. The minimum absolute atomic E-state index is 0.0149. The Hall–Kier alpha value is -0.650. The van der Waals surface area contributed by atoms with E-state index in [4.69, 9.17) is 14.9 Å². The fourth-order valence-electron chi connectivity index (χ4n) is 1.38. The summed E-state index contributed by atoms with van der Waals surface area (Å²) < 4.78 is 5.27. The van der Waals surface area contributed by atoms with Gasteiger partial charge in [0.25, 0.3) is 0 Å². The molecule has 2 atom stereocenters. The maximum absolute atomic E-state index is 10.5. The van der Waals surface area contributed by atoms with E-state index in [9.17, 15) is 4.79 Å². The molecule has 2 unspecified atom stereocenters. The Labute approximate surface area is 76.9 Å². The Kier molecular flexibility index (Phi) is 3.65. The van der Waals surface area contributed by atoms with Crippen LogP contribution in [0.15, 0.2) is 0 Å². The summed E-state index contributed by atoms with van der Waals surface area (Å²) in [6, 6.07) is 0.110. The van der Waals surface area contributed by atoms with E-state index in [1.165, 1.54) is 0 Å². The second kappa shape index (κ2) is 4.55. The zero-order valence-electron chi connectivity index (χ0n) is 7.64. The van der Waals surface area contributed by atoms with Gasteiger partial charge in [0.05, 0.1) is 25.9 Å². The molecule has 5 nitrogen and oxygen atoms in total. The van der Waals surface area contributed by atoms with Crippen LogP contribution in [-0.4, -0.2) is 59.5 Å². The molecule has 0 aromatic heterocycles. The van der Waals surface area contributed by atoms with E-state index in [1.54, 1.807) is 4.90 Å². The second-order valence-corrected chi connectivity index (χ2v) is 3.31. The third-order valence-corrected chi connectivity index (χ3v) is 2.18. The number of carboxylic acids is 1. The molecular weight excluding hydrogens is 174 g/mol. The van der Waals surface area contributed by atoms with E-state index in [-0.39, 0.29) is 25.3 Å². The standard InChI is InChI=1S/C8H15NO4/c1-6-5-13-7(4-10)2-9(6)3-8(11)12/h6-7,10H,2-5H2,1H3,(H,11,12). The van der Waals surface area contributed by atoms with Gasteiger partial charge in [-0.2, -0.15) is 0 Å². The molecule has 0 bridgehead atoms. The Morgan fingerprint density at radius 3 is 2.92 bits per heavy atom. The van der Waals surface area contributed by atoms with Gasteiger partial charge in [0.1, 0.15) is 0 Å². The molecule has 0 aromatic carbocycles. The van der Waals surface area contributed by atoms with Crippen LogP contribution in [0.4, 0.5) is 0 Å². The number of aliphatic carboxylic acids is 1. The SMILES string of the molecule is CC1COC(CO)CN1CC(=O)O. The third-order valence-electron chi connectivity index (χ3n) is 2.18. The fraction of sp³-hybridized carbons (Fsp3) is 0.875. The van der Waals surface area contributed by atoms with E-state index in [2.05, 4.69) is 0 Å². The summed E-state index contributed by atoms with van der Waals surface area (Å²) >= 11 is 0. The summed E-state index contributed by atoms with van der Waals surface area (Å²) in [5.74, 6) is -0.842. The zero-order valence-corrected chi connectivity index (χ0v) is 7.64. The summed E-state index contributed by atoms with van der Waals surface area (Å²) in [7, 11) is 0. The summed E-state index contributed by atoms with van der Waals surface area (Å²) in [4.78, 5) is 12.3. The highest BCUT2D eigenvalue weighted by molar-refractivity contribution is 5.69.